The molecule has 0 radical (unpaired) electrons. The molecule has 3 aromatic heterocycles. The molecular weight excluding hydrogens is 286 g/mol. The summed E-state index contributed by atoms with van der Waals surface area (Å²) in [4.78, 5) is 4.33. The largest absolute Gasteiger partial charge is 0.482 e. The summed E-state index contributed by atoms with van der Waals surface area (Å²) in [6, 6.07) is 7.80. The summed E-state index contributed by atoms with van der Waals surface area (Å²) >= 11 is 6.22. The van der Waals surface area contributed by atoms with Crippen LogP contribution in [-0.2, 0) is 6.42 Å². The van der Waals surface area contributed by atoms with Crippen molar-refractivity contribution < 1.29 is 4.74 Å². The van der Waals surface area contributed by atoms with Gasteiger partial charge in [0.15, 0.2) is 0 Å². The van der Waals surface area contributed by atoms with Gasteiger partial charge in [-0.15, -0.1) is 0 Å². The molecule has 1 atom stereocenters. The highest BCUT2D eigenvalue weighted by Crippen LogP contribution is 2.31. The van der Waals surface area contributed by atoms with Crippen molar-refractivity contribution in [2.24, 2.45) is 0 Å². The van der Waals surface area contributed by atoms with Gasteiger partial charge in [-0.05, 0) is 37.1 Å². The average Bonchev–Trinajstić information content (AvgIpc) is 2.89. The van der Waals surface area contributed by atoms with Crippen LogP contribution in [0.1, 0.15) is 31.2 Å². The van der Waals surface area contributed by atoms with Gasteiger partial charge < -0.3 is 4.74 Å². The summed E-state index contributed by atoms with van der Waals surface area (Å²) in [6.07, 6.45) is 6.11. The Hall–Kier alpha value is -2.07. The van der Waals surface area contributed by atoms with E-state index >= 15 is 0 Å². The van der Waals surface area contributed by atoms with Crippen LogP contribution in [-0.4, -0.2) is 14.6 Å². The number of aryl methyl sites for hydroxylation is 1. The monoisotopic (exact) mass is 301 g/mol. The lowest BCUT2D eigenvalue weighted by Gasteiger charge is -2.16. The van der Waals surface area contributed by atoms with Gasteiger partial charge in [-0.1, -0.05) is 24.6 Å². The molecule has 0 aliphatic carbocycles. The molecule has 0 bridgehead atoms. The fourth-order valence-electron chi connectivity index (χ4n) is 2.25. The standard InChI is InChI=1S/C16H16ClN3O/c1-3-12-8-15(16-13(17)9-19-20(16)10-12)21-11(2)14-6-4-5-7-18-14/h4-11H,3H2,1-2H3. The highest BCUT2D eigenvalue weighted by atomic mass is 35.5. The van der Waals surface area contributed by atoms with Crippen molar-refractivity contribution in [3.05, 3.63) is 59.1 Å². The van der Waals surface area contributed by atoms with Gasteiger partial charge in [0.2, 0.25) is 0 Å². The van der Waals surface area contributed by atoms with Gasteiger partial charge in [0.05, 0.1) is 16.9 Å². The van der Waals surface area contributed by atoms with Crippen LogP contribution in [0.2, 0.25) is 5.02 Å². The van der Waals surface area contributed by atoms with Gasteiger partial charge in [0.1, 0.15) is 17.4 Å². The van der Waals surface area contributed by atoms with Crippen LogP contribution in [0, 0.1) is 0 Å². The molecule has 3 rings (SSSR count). The Labute approximate surface area is 128 Å². The minimum absolute atomic E-state index is 0.159. The van der Waals surface area contributed by atoms with E-state index in [-0.39, 0.29) is 6.10 Å². The summed E-state index contributed by atoms with van der Waals surface area (Å²) in [6.45, 7) is 4.07. The molecule has 3 heterocycles. The van der Waals surface area contributed by atoms with Gasteiger partial charge in [-0.25, -0.2) is 4.52 Å². The van der Waals surface area contributed by atoms with Crippen molar-refractivity contribution in [1.29, 1.82) is 0 Å². The highest BCUT2D eigenvalue weighted by Gasteiger charge is 2.15. The molecule has 4 nitrogen and oxygen atoms in total. The van der Waals surface area contributed by atoms with E-state index in [1.54, 1.807) is 16.9 Å². The van der Waals surface area contributed by atoms with Crippen molar-refractivity contribution >= 4 is 17.1 Å². The first-order valence-electron chi connectivity index (χ1n) is 6.92. The number of ether oxygens (including phenoxy) is 1. The minimum atomic E-state index is -0.159. The molecule has 0 spiro atoms. The van der Waals surface area contributed by atoms with E-state index in [4.69, 9.17) is 16.3 Å². The van der Waals surface area contributed by atoms with E-state index in [1.165, 1.54) is 0 Å². The molecule has 108 valence electrons. The first-order valence-corrected chi connectivity index (χ1v) is 7.30. The zero-order valence-corrected chi connectivity index (χ0v) is 12.7. The molecule has 0 aromatic carbocycles. The van der Waals surface area contributed by atoms with Crippen molar-refractivity contribution in [1.82, 2.24) is 14.6 Å². The Morgan fingerprint density at radius 1 is 1.38 bits per heavy atom. The van der Waals surface area contributed by atoms with Crippen LogP contribution in [0.15, 0.2) is 42.9 Å². The van der Waals surface area contributed by atoms with Gasteiger partial charge >= 0.3 is 0 Å². The molecule has 0 aliphatic heterocycles. The average molecular weight is 302 g/mol. The third-order valence-electron chi connectivity index (χ3n) is 3.41. The molecule has 3 aromatic rings. The second kappa shape index (κ2) is 5.74. The summed E-state index contributed by atoms with van der Waals surface area (Å²) in [5.74, 6) is 0.731. The second-order valence-electron chi connectivity index (χ2n) is 4.87. The maximum absolute atomic E-state index is 6.22. The van der Waals surface area contributed by atoms with Crippen LogP contribution >= 0.6 is 11.6 Å². The third-order valence-corrected chi connectivity index (χ3v) is 3.68. The Balaban J connectivity index is 2.01. The predicted molar refractivity (Wildman–Crippen MR) is 82.9 cm³/mol. The fourth-order valence-corrected chi connectivity index (χ4v) is 2.47. The SMILES string of the molecule is CCc1cc(OC(C)c2ccccn2)c2c(Cl)cnn2c1. The zero-order chi connectivity index (χ0) is 14.8. The van der Waals surface area contributed by atoms with Crippen LogP contribution in [0.5, 0.6) is 5.75 Å². The quantitative estimate of drug-likeness (QED) is 0.729. The maximum atomic E-state index is 6.22. The fraction of sp³-hybridized carbons (Fsp3) is 0.250. The molecule has 0 fully saturated rings. The van der Waals surface area contributed by atoms with E-state index in [0.29, 0.717) is 5.02 Å². The molecule has 0 amide bonds. The summed E-state index contributed by atoms with van der Waals surface area (Å²) in [5.41, 5.74) is 2.82. The van der Waals surface area contributed by atoms with E-state index < -0.39 is 0 Å². The normalized spacial score (nSPS) is 12.5. The number of halogens is 1. The van der Waals surface area contributed by atoms with Crippen molar-refractivity contribution in [2.45, 2.75) is 26.4 Å². The van der Waals surface area contributed by atoms with Crippen molar-refractivity contribution in [3.63, 3.8) is 0 Å². The lowest BCUT2D eigenvalue weighted by molar-refractivity contribution is 0.223. The predicted octanol–water partition coefficient (Wildman–Crippen LogP) is 4.09. The number of nitrogens with zero attached hydrogens (tertiary/aromatic N) is 3. The smallest absolute Gasteiger partial charge is 0.147 e. The Kier molecular flexibility index (Phi) is 3.80. The molecule has 0 aliphatic rings. The first kappa shape index (κ1) is 13.9. The van der Waals surface area contributed by atoms with Gasteiger partial charge in [0.25, 0.3) is 0 Å². The number of fused-ring (bicyclic) bond motifs is 1. The van der Waals surface area contributed by atoms with E-state index in [0.717, 1.165) is 28.9 Å². The topological polar surface area (TPSA) is 39.4 Å². The number of pyridine rings is 2. The van der Waals surface area contributed by atoms with Crippen LogP contribution < -0.4 is 4.74 Å². The second-order valence-corrected chi connectivity index (χ2v) is 5.27. The van der Waals surface area contributed by atoms with E-state index in [2.05, 4.69) is 17.0 Å². The zero-order valence-electron chi connectivity index (χ0n) is 12.0. The van der Waals surface area contributed by atoms with E-state index in [9.17, 15) is 0 Å². The Morgan fingerprint density at radius 3 is 2.95 bits per heavy atom. The van der Waals surface area contributed by atoms with Crippen molar-refractivity contribution in [2.75, 3.05) is 0 Å². The lowest BCUT2D eigenvalue weighted by atomic mass is 10.2. The van der Waals surface area contributed by atoms with Gasteiger partial charge in [-0.3, -0.25) is 4.98 Å². The molecule has 1 unspecified atom stereocenters. The molecule has 0 N–H and O–H groups in total. The van der Waals surface area contributed by atoms with Crippen LogP contribution in [0.3, 0.4) is 0 Å². The number of hydrogen-bond donors (Lipinski definition) is 0. The van der Waals surface area contributed by atoms with E-state index in [1.807, 2.05) is 37.4 Å². The maximum Gasteiger partial charge on any atom is 0.147 e. The molecule has 0 saturated heterocycles. The summed E-state index contributed by atoms with van der Waals surface area (Å²) < 4.78 is 7.85. The summed E-state index contributed by atoms with van der Waals surface area (Å²) in [7, 11) is 0. The Morgan fingerprint density at radius 2 is 2.24 bits per heavy atom. The first-order chi connectivity index (χ1) is 10.2. The van der Waals surface area contributed by atoms with Crippen LogP contribution in [0.4, 0.5) is 0 Å². The lowest BCUT2D eigenvalue weighted by Crippen LogP contribution is -2.06. The van der Waals surface area contributed by atoms with Crippen molar-refractivity contribution in [3.8, 4) is 5.75 Å². The number of hydrogen-bond acceptors (Lipinski definition) is 3. The highest BCUT2D eigenvalue weighted by molar-refractivity contribution is 6.34. The number of rotatable bonds is 4. The molecule has 21 heavy (non-hydrogen) atoms. The molecule has 0 saturated carbocycles. The summed E-state index contributed by atoms with van der Waals surface area (Å²) in [5, 5.41) is 4.84. The minimum Gasteiger partial charge on any atom is -0.482 e. The molecular formula is C16H16ClN3O. The van der Waals surface area contributed by atoms with Crippen LogP contribution in [0.25, 0.3) is 5.52 Å². The molecule has 5 heteroatoms. The third kappa shape index (κ3) is 2.72. The van der Waals surface area contributed by atoms with Gasteiger partial charge in [-0.2, -0.15) is 5.10 Å². The Bertz CT molecular complexity index is 755. The number of aromatic nitrogens is 3. The van der Waals surface area contributed by atoms with Gasteiger partial charge in [0, 0.05) is 12.4 Å².